The fourth-order valence-electron chi connectivity index (χ4n) is 2.48. The molecule has 0 saturated carbocycles. The third-order valence-corrected chi connectivity index (χ3v) is 4.96. The number of amides is 1. The summed E-state index contributed by atoms with van der Waals surface area (Å²) in [7, 11) is 1.93. The number of thioether (sulfide) groups is 1. The number of likely N-dealkylation sites (N-methyl/N-ethyl adjacent to an activating group) is 1. The van der Waals surface area contributed by atoms with Gasteiger partial charge in [-0.3, -0.25) is 4.98 Å². The molecular formula is C18H24N6O2S. The Morgan fingerprint density at radius 1 is 1.30 bits per heavy atom. The van der Waals surface area contributed by atoms with Gasteiger partial charge in [0.1, 0.15) is 11.9 Å². The van der Waals surface area contributed by atoms with E-state index < -0.39 is 5.60 Å². The number of nitrogens with zero attached hydrogens (tertiary/aromatic N) is 6. The van der Waals surface area contributed by atoms with Crippen LogP contribution in [-0.4, -0.2) is 62.7 Å². The highest BCUT2D eigenvalue weighted by atomic mass is 32.2. The zero-order valence-corrected chi connectivity index (χ0v) is 16.8. The van der Waals surface area contributed by atoms with E-state index in [4.69, 9.17) is 4.74 Å². The lowest BCUT2D eigenvalue weighted by Crippen LogP contribution is -2.61. The van der Waals surface area contributed by atoms with Gasteiger partial charge < -0.3 is 14.5 Å². The molecule has 1 saturated heterocycles. The number of rotatable bonds is 5. The molecule has 1 aliphatic heterocycles. The van der Waals surface area contributed by atoms with Gasteiger partial charge in [-0.1, -0.05) is 11.8 Å². The van der Waals surface area contributed by atoms with Gasteiger partial charge in [-0.25, -0.2) is 14.8 Å². The van der Waals surface area contributed by atoms with Crippen LogP contribution in [0.25, 0.3) is 0 Å². The normalized spacial score (nSPS) is 14.6. The second kappa shape index (κ2) is 8.08. The van der Waals surface area contributed by atoms with Crippen LogP contribution in [0, 0.1) is 0 Å². The molecule has 0 unspecified atom stereocenters. The van der Waals surface area contributed by atoms with Crippen molar-refractivity contribution in [2.75, 3.05) is 25.0 Å². The minimum atomic E-state index is -0.483. The van der Waals surface area contributed by atoms with E-state index >= 15 is 0 Å². The first-order chi connectivity index (χ1) is 12.8. The first-order valence-electron chi connectivity index (χ1n) is 8.73. The van der Waals surface area contributed by atoms with Crippen LogP contribution in [0.1, 0.15) is 26.3 Å². The molecule has 0 N–H and O–H groups in total. The summed E-state index contributed by atoms with van der Waals surface area (Å²) in [6, 6.07) is 4.11. The zero-order valence-electron chi connectivity index (χ0n) is 16.0. The third-order valence-electron chi connectivity index (χ3n) is 4.03. The lowest BCUT2D eigenvalue weighted by atomic mass is 10.1. The lowest BCUT2D eigenvalue weighted by Gasteiger charge is -2.43. The van der Waals surface area contributed by atoms with Crippen molar-refractivity contribution in [1.82, 2.24) is 24.8 Å². The summed E-state index contributed by atoms with van der Waals surface area (Å²) in [4.78, 5) is 32.8. The van der Waals surface area contributed by atoms with Crippen LogP contribution in [0.5, 0.6) is 0 Å². The summed E-state index contributed by atoms with van der Waals surface area (Å²) in [5.74, 6) is 1.38. The molecule has 2 aromatic rings. The molecule has 1 aliphatic rings. The van der Waals surface area contributed by atoms with Crippen molar-refractivity contribution in [3.05, 3.63) is 36.4 Å². The number of aromatic nitrogens is 4. The predicted molar refractivity (Wildman–Crippen MR) is 104 cm³/mol. The minimum Gasteiger partial charge on any atom is -0.444 e. The van der Waals surface area contributed by atoms with Crippen LogP contribution in [-0.2, 0) is 10.5 Å². The van der Waals surface area contributed by atoms with Crippen molar-refractivity contribution in [3.63, 3.8) is 0 Å². The molecule has 0 spiro atoms. The van der Waals surface area contributed by atoms with Gasteiger partial charge in [0.2, 0.25) is 5.95 Å². The Hall–Kier alpha value is -2.42. The fraction of sp³-hybridized carbons (Fsp3) is 0.500. The summed E-state index contributed by atoms with van der Waals surface area (Å²) in [6.07, 6.45) is 4.79. The van der Waals surface area contributed by atoms with Gasteiger partial charge in [0.15, 0.2) is 5.16 Å². The number of hydrogen-bond donors (Lipinski definition) is 0. The van der Waals surface area contributed by atoms with Crippen LogP contribution < -0.4 is 4.90 Å². The number of carbonyl (C=O) groups is 1. The van der Waals surface area contributed by atoms with Crippen LogP contribution in [0.4, 0.5) is 10.7 Å². The monoisotopic (exact) mass is 388 g/mol. The number of likely N-dealkylation sites (tertiary alicyclic amines) is 1. The number of carbonyl (C=O) groups excluding carboxylic acids is 1. The van der Waals surface area contributed by atoms with E-state index in [9.17, 15) is 4.79 Å². The Balaban J connectivity index is 1.54. The van der Waals surface area contributed by atoms with Gasteiger partial charge in [0.25, 0.3) is 0 Å². The van der Waals surface area contributed by atoms with Gasteiger partial charge in [0, 0.05) is 38.3 Å². The first-order valence-corrected chi connectivity index (χ1v) is 9.72. The average molecular weight is 388 g/mol. The van der Waals surface area contributed by atoms with Crippen LogP contribution >= 0.6 is 11.8 Å². The lowest BCUT2D eigenvalue weighted by molar-refractivity contribution is 0.00840. The number of pyridine rings is 1. The molecule has 0 bridgehead atoms. The molecule has 0 atom stereocenters. The van der Waals surface area contributed by atoms with Crippen molar-refractivity contribution in [3.8, 4) is 0 Å². The Morgan fingerprint density at radius 3 is 2.67 bits per heavy atom. The maximum atomic E-state index is 12.1. The van der Waals surface area contributed by atoms with Crippen molar-refractivity contribution >= 4 is 23.8 Å². The Labute approximate surface area is 163 Å². The van der Waals surface area contributed by atoms with Gasteiger partial charge in [0.05, 0.1) is 6.04 Å². The molecule has 0 aliphatic carbocycles. The first kappa shape index (κ1) is 19.3. The van der Waals surface area contributed by atoms with E-state index in [-0.39, 0.29) is 12.1 Å². The zero-order chi connectivity index (χ0) is 19.4. The highest BCUT2D eigenvalue weighted by Gasteiger charge is 2.36. The molecule has 27 heavy (non-hydrogen) atoms. The van der Waals surface area contributed by atoms with E-state index in [0.717, 1.165) is 11.3 Å². The molecule has 9 heteroatoms. The fourth-order valence-corrected chi connectivity index (χ4v) is 3.23. The van der Waals surface area contributed by atoms with Crippen LogP contribution in [0.3, 0.4) is 0 Å². The Morgan fingerprint density at radius 2 is 2.00 bits per heavy atom. The molecular weight excluding hydrogens is 364 g/mol. The van der Waals surface area contributed by atoms with Crippen LogP contribution in [0.15, 0.2) is 36.0 Å². The van der Waals surface area contributed by atoms with Crippen LogP contribution in [0.2, 0.25) is 0 Å². The molecule has 3 heterocycles. The van der Waals surface area contributed by atoms with Crippen molar-refractivity contribution in [1.29, 1.82) is 0 Å². The molecule has 1 fully saturated rings. The third kappa shape index (κ3) is 5.29. The summed E-state index contributed by atoms with van der Waals surface area (Å²) in [5, 5.41) is 0.673. The molecule has 1 amide bonds. The van der Waals surface area contributed by atoms with Gasteiger partial charge in [-0.05, 0) is 38.5 Å². The van der Waals surface area contributed by atoms with Crippen molar-refractivity contribution in [2.24, 2.45) is 0 Å². The highest BCUT2D eigenvalue weighted by molar-refractivity contribution is 7.98. The predicted octanol–water partition coefficient (Wildman–Crippen LogP) is 2.61. The van der Waals surface area contributed by atoms with E-state index in [1.807, 2.05) is 44.9 Å². The van der Waals surface area contributed by atoms with E-state index in [1.165, 1.54) is 6.33 Å². The minimum absolute atomic E-state index is 0.165. The molecule has 144 valence electrons. The quantitative estimate of drug-likeness (QED) is 0.723. The second-order valence-electron chi connectivity index (χ2n) is 7.36. The highest BCUT2D eigenvalue weighted by Crippen LogP contribution is 2.23. The SMILES string of the molecule is CN(c1ncnc(SCc2ccncc2)n1)C1CN(C(=O)OC(C)(C)C)C1. The molecule has 0 radical (unpaired) electrons. The van der Waals surface area contributed by atoms with Gasteiger partial charge in [-0.2, -0.15) is 4.98 Å². The van der Waals surface area contributed by atoms with Gasteiger partial charge in [-0.15, -0.1) is 0 Å². The molecule has 3 rings (SSSR count). The maximum Gasteiger partial charge on any atom is 0.410 e. The van der Waals surface area contributed by atoms with Crippen molar-refractivity contribution < 1.29 is 9.53 Å². The standard InChI is InChI=1S/C18H24N6O2S/c1-18(2,3)26-17(25)24-9-14(10-24)23(4)15-20-12-21-16(22-15)27-11-13-5-7-19-8-6-13/h5-8,12,14H,9-11H2,1-4H3. The average Bonchev–Trinajstić information content (AvgIpc) is 2.58. The number of ether oxygens (including phenoxy) is 1. The second-order valence-corrected chi connectivity index (χ2v) is 8.30. The number of hydrogen-bond acceptors (Lipinski definition) is 8. The van der Waals surface area contributed by atoms with Gasteiger partial charge >= 0.3 is 6.09 Å². The summed E-state index contributed by atoms with van der Waals surface area (Å²) >= 11 is 1.55. The summed E-state index contributed by atoms with van der Waals surface area (Å²) < 4.78 is 5.39. The topological polar surface area (TPSA) is 84.3 Å². The largest absolute Gasteiger partial charge is 0.444 e. The van der Waals surface area contributed by atoms with E-state index in [0.29, 0.717) is 24.2 Å². The molecule has 0 aromatic carbocycles. The molecule has 2 aromatic heterocycles. The van der Waals surface area contributed by atoms with E-state index in [1.54, 1.807) is 29.1 Å². The Bertz CT molecular complexity index is 777. The maximum absolute atomic E-state index is 12.1. The number of anilines is 1. The molecule has 8 nitrogen and oxygen atoms in total. The Kier molecular flexibility index (Phi) is 5.79. The van der Waals surface area contributed by atoms with Crippen molar-refractivity contribution in [2.45, 2.75) is 43.3 Å². The summed E-state index contributed by atoms with van der Waals surface area (Å²) in [6.45, 7) is 6.78. The van der Waals surface area contributed by atoms with E-state index in [2.05, 4.69) is 19.9 Å². The smallest absolute Gasteiger partial charge is 0.410 e. The summed E-state index contributed by atoms with van der Waals surface area (Å²) in [5.41, 5.74) is 0.681.